The number of nitrogens with zero attached hydrogens (tertiary/aromatic N) is 3. The first kappa shape index (κ1) is 18.5. The normalized spacial score (nSPS) is 11.9. The molecular formula is C23H18N4O2S. The van der Waals surface area contributed by atoms with Crippen molar-refractivity contribution in [1.29, 1.82) is 0 Å². The first-order valence-electron chi connectivity index (χ1n) is 9.42. The van der Waals surface area contributed by atoms with Crippen molar-refractivity contribution in [3.05, 3.63) is 96.4 Å². The lowest BCUT2D eigenvalue weighted by Gasteiger charge is -2.17. The number of fused-ring (bicyclic) bond motifs is 2. The van der Waals surface area contributed by atoms with Crippen LogP contribution < -0.4 is 5.14 Å². The van der Waals surface area contributed by atoms with Crippen molar-refractivity contribution in [2.24, 2.45) is 5.14 Å². The van der Waals surface area contributed by atoms with E-state index < -0.39 is 10.0 Å². The Hall–Kier alpha value is -3.55. The van der Waals surface area contributed by atoms with Gasteiger partial charge in [0.2, 0.25) is 10.0 Å². The summed E-state index contributed by atoms with van der Waals surface area (Å²) >= 11 is 0. The highest BCUT2D eigenvalue weighted by Crippen LogP contribution is 2.34. The maximum absolute atomic E-state index is 12.9. The van der Waals surface area contributed by atoms with Crippen LogP contribution in [0.15, 0.2) is 90.2 Å². The topological polar surface area (TPSA) is 90.9 Å². The van der Waals surface area contributed by atoms with Crippen molar-refractivity contribution in [1.82, 2.24) is 14.5 Å². The predicted molar refractivity (Wildman–Crippen MR) is 117 cm³/mol. The third-order valence-corrected chi connectivity index (χ3v) is 6.18. The number of hydrogen-bond donors (Lipinski definition) is 1. The Morgan fingerprint density at radius 1 is 0.900 bits per heavy atom. The average molecular weight is 414 g/mol. The van der Waals surface area contributed by atoms with Crippen molar-refractivity contribution in [2.45, 2.75) is 11.3 Å². The van der Waals surface area contributed by atoms with E-state index in [1.807, 2.05) is 66.7 Å². The van der Waals surface area contributed by atoms with E-state index in [9.17, 15) is 8.42 Å². The monoisotopic (exact) mass is 414 g/mol. The van der Waals surface area contributed by atoms with Gasteiger partial charge < -0.3 is 0 Å². The van der Waals surface area contributed by atoms with Crippen LogP contribution in [0.2, 0.25) is 0 Å². The molecular weight excluding hydrogens is 396 g/mol. The van der Waals surface area contributed by atoms with Gasteiger partial charge in [-0.2, -0.15) is 0 Å². The van der Waals surface area contributed by atoms with Crippen molar-refractivity contribution in [3.63, 3.8) is 0 Å². The molecule has 5 rings (SSSR count). The van der Waals surface area contributed by atoms with Gasteiger partial charge in [0.15, 0.2) is 5.65 Å². The molecule has 0 aliphatic carbocycles. The fraction of sp³-hybridized carbons (Fsp3) is 0.0435. The van der Waals surface area contributed by atoms with E-state index in [0.717, 1.165) is 16.3 Å². The maximum Gasteiger partial charge on any atom is 0.240 e. The number of sulfonamides is 1. The van der Waals surface area contributed by atoms with Crippen LogP contribution in [0.3, 0.4) is 0 Å². The van der Waals surface area contributed by atoms with Crippen LogP contribution in [0.4, 0.5) is 0 Å². The average Bonchev–Trinajstić information content (AvgIpc) is 3.17. The molecule has 0 saturated carbocycles. The summed E-state index contributed by atoms with van der Waals surface area (Å²) in [5, 5.41) is 7.54. The number of nitrogens with two attached hydrogens (primary N) is 1. The Morgan fingerprint density at radius 3 is 2.47 bits per heavy atom. The van der Waals surface area contributed by atoms with Crippen LogP contribution in [0.25, 0.3) is 27.6 Å². The second-order valence-corrected chi connectivity index (χ2v) is 8.59. The first-order chi connectivity index (χ1) is 14.5. The van der Waals surface area contributed by atoms with Gasteiger partial charge in [0.1, 0.15) is 16.7 Å². The van der Waals surface area contributed by atoms with Crippen LogP contribution >= 0.6 is 0 Å². The summed E-state index contributed by atoms with van der Waals surface area (Å²) in [6.07, 6.45) is 3.67. The molecule has 3 aromatic carbocycles. The zero-order valence-corrected chi connectivity index (χ0v) is 16.8. The van der Waals surface area contributed by atoms with E-state index in [4.69, 9.17) is 5.14 Å². The highest BCUT2D eigenvalue weighted by Gasteiger charge is 2.24. The minimum Gasteiger partial charge on any atom is -0.282 e. The number of aromatic nitrogens is 3. The molecule has 0 fully saturated rings. The highest BCUT2D eigenvalue weighted by molar-refractivity contribution is 7.89. The van der Waals surface area contributed by atoms with E-state index in [2.05, 4.69) is 9.97 Å². The first-order valence-corrected chi connectivity index (χ1v) is 11.0. The molecule has 2 heterocycles. The zero-order chi connectivity index (χ0) is 20.7. The highest BCUT2D eigenvalue weighted by atomic mass is 32.2. The third kappa shape index (κ3) is 3.14. The van der Waals surface area contributed by atoms with Gasteiger partial charge in [-0.15, -0.1) is 0 Å². The smallest absolute Gasteiger partial charge is 0.240 e. The van der Waals surface area contributed by atoms with E-state index in [1.54, 1.807) is 23.2 Å². The van der Waals surface area contributed by atoms with Gasteiger partial charge in [-0.1, -0.05) is 54.6 Å². The summed E-state index contributed by atoms with van der Waals surface area (Å²) in [5.74, 6) is 0. The minimum atomic E-state index is -4.05. The summed E-state index contributed by atoms with van der Waals surface area (Å²) in [6.45, 7) is 0. The lowest BCUT2D eigenvalue weighted by Crippen LogP contribution is -2.18. The molecule has 0 radical (unpaired) electrons. The van der Waals surface area contributed by atoms with E-state index in [0.29, 0.717) is 28.8 Å². The van der Waals surface area contributed by atoms with Crippen molar-refractivity contribution in [3.8, 4) is 5.69 Å². The van der Waals surface area contributed by atoms with Gasteiger partial charge in [-0.3, -0.25) is 4.57 Å². The number of benzene rings is 3. The number of primary sulfonamides is 1. The molecule has 0 aliphatic heterocycles. The molecule has 0 unspecified atom stereocenters. The van der Waals surface area contributed by atoms with Gasteiger partial charge in [0.25, 0.3) is 0 Å². The molecule has 2 N–H and O–H groups in total. The van der Waals surface area contributed by atoms with Crippen molar-refractivity contribution < 1.29 is 8.42 Å². The standard InChI is InChI=1S/C23H18N4O2S/c24-30(28,29)22-19(13-16-7-2-1-3-8-16)18-10-5-4-9-17(18)14-21(22)27-15-26-20-11-6-12-25-23(20)27/h1-12,14-15H,13H2,(H2,24,28,29). The molecule has 2 aromatic heterocycles. The lowest BCUT2D eigenvalue weighted by atomic mass is 9.97. The second-order valence-electron chi connectivity index (χ2n) is 7.09. The Kier molecular flexibility index (Phi) is 4.34. The Bertz CT molecular complexity index is 1490. The SMILES string of the molecule is NS(=O)(=O)c1c(-n2cnc3cccnc32)cc2ccccc2c1Cc1ccccc1. The van der Waals surface area contributed by atoms with Gasteiger partial charge in [-0.25, -0.2) is 23.5 Å². The summed E-state index contributed by atoms with van der Waals surface area (Å²) in [4.78, 5) is 8.87. The van der Waals surface area contributed by atoms with E-state index in [1.165, 1.54) is 0 Å². The fourth-order valence-electron chi connectivity index (χ4n) is 3.89. The molecule has 0 atom stereocenters. The third-order valence-electron chi connectivity index (χ3n) is 5.16. The number of rotatable bonds is 4. The summed E-state index contributed by atoms with van der Waals surface area (Å²) < 4.78 is 27.4. The van der Waals surface area contributed by atoms with Gasteiger partial charge in [-0.05, 0) is 46.5 Å². The molecule has 5 aromatic rings. The molecule has 0 bridgehead atoms. The number of imidazole rings is 1. The Morgan fingerprint density at radius 2 is 1.67 bits per heavy atom. The molecule has 148 valence electrons. The van der Waals surface area contributed by atoms with E-state index >= 15 is 0 Å². The molecule has 30 heavy (non-hydrogen) atoms. The van der Waals surface area contributed by atoms with E-state index in [-0.39, 0.29) is 4.90 Å². The largest absolute Gasteiger partial charge is 0.282 e. The van der Waals surface area contributed by atoms with Crippen molar-refractivity contribution in [2.75, 3.05) is 0 Å². The molecule has 0 amide bonds. The summed E-state index contributed by atoms with van der Waals surface area (Å²) in [6, 6.07) is 22.9. The molecule has 0 aliphatic rings. The number of hydrogen-bond acceptors (Lipinski definition) is 4. The second kappa shape index (κ2) is 7.05. The Balaban J connectivity index is 1.89. The predicted octanol–water partition coefficient (Wildman–Crippen LogP) is 3.81. The summed E-state index contributed by atoms with van der Waals surface area (Å²) in [7, 11) is -4.05. The zero-order valence-electron chi connectivity index (χ0n) is 15.9. The lowest BCUT2D eigenvalue weighted by molar-refractivity contribution is 0.596. The molecule has 7 heteroatoms. The van der Waals surface area contributed by atoms with Crippen LogP contribution in [-0.2, 0) is 16.4 Å². The summed E-state index contributed by atoms with van der Waals surface area (Å²) in [5.41, 5.74) is 3.36. The van der Waals surface area contributed by atoms with Gasteiger partial charge >= 0.3 is 0 Å². The van der Waals surface area contributed by atoms with Gasteiger partial charge in [0.05, 0.1) is 5.69 Å². The molecule has 0 saturated heterocycles. The minimum absolute atomic E-state index is 0.0926. The maximum atomic E-state index is 12.9. The molecule has 6 nitrogen and oxygen atoms in total. The van der Waals surface area contributed by atoms with Crippen LogP contribution in [0.1, 0.15) is 11.1 Å². The van der Waals surface area contributed by atoms with Crippen molar-refractivity contribution >= 4 is 32.0 Å². The van der Waals surface area contributed by atoms with Gasteiger partial charge in [0, 0.05) is 6.20 Å². The van der Waals surface area contributed by atoms with Crippen LogP contribution in [-0.4, -0.2) is 23.0 Å². The molecule has 0 spiro atoms. The Labute approximate surface area is 173 Å². The van der Waals surface area contributed by atoms with Crippen LogP contribution in [0.5, 0.6) is 0 Å². The quantitative estimate of drug-likeness (QED) is 0.484. The fourth-order valence-corrected chi connectivity index (χ4v) is 4.86. The van der Waals surface area contributed by atoms with Crippen LogP contribution in [0, 0.1) is 0 Å². The number of pyridine rings is 1.